The summed E-state index contributed by atoms with van der Waals surface area (Å²) in [5.41, 5.74) is 3.09. The van der Waals surface area contributed by atoms with Crippen molar-refractivity contribution in [2.45, 2.75) is 19.3 Å². The second-order valence-electron chi connectivity index (χ2n) is 8.32. The normalized spacial score (nSPS) is 14.6. The third kappa shape index (κ3) is 6.05. The van der Waals surface area contributed by atoms with Crippen LogP contribution >= 0.6 is 0 Å². The highest BCUT2D eigenvalue weighted by Crippen LogP contribution is 2.22. The third-order valence-corrected chi connectivity index (χ3v) is 5.92. The predicted octanol–water partition coefficient (Wildman–Crippen LogP) is 4.83. The van der Waals surface area contributed by atoms with Gasteiger partial charge in [0, 0.05) is 5.69 Å². The van der Waals surface area contributed by atoms with Crippen LogP contribution in [0.15, 0.2) is 84.9 Å². The van der Waals surface area contributed by atoms with Crippen molar-refractivity contribution in [3.8, 4) is 0 Å². The Bertz CT molecular complexity index is 1030. The van der Waals surface area contributed by atoms with E-state index in [-0.39, 0.29) is 11.8 Å². The van der Waals surface area contributed by atoms with E-state index in [1.807, 2.05) is 42.5 Å². The summed E-state index contributed by atoms with van der Waals surface area (Å²) in [5.74, 6) is 0.333. The summed E-state index contributed by atoms with van der Waals surface area (Å²) in [7, 11) is 0. The fourth-order valence-electron chi connectivity index (χ4n) is 4.20. The first-order chi connectivity index (χ1) is 15.7. The van der Waals surface area contributed by atoms with Crippen LogP contribution in [-0.4, -0.2) is 36.3 Å². The fraction of sp³-hybridized carbons (Fsp3) is 0.259. The lowest BCUT2D eigenvalue weighted by Crippen LogP contribution is -2.39. The monoisotopic (exact) mass is 427 g/mol. The zero-order valence-electron chi connectivity index (χ0n) is 18.2. The van der Waals surface area contributed by atoms with Crippen molar-refractivity contribution in [2.75, 3.05) is 30.3 Å². The topological polar surface area (TPSA) is 61.4 Å². The number of anilines is 2. The minimum Gasteiger partial charge on any atom is -0.324 e. The van der Waals surface area contributed by atoms with Crippen molar-refractivity contribution in [3.05, 3.63) is 96.1 Å². The number of carbonyl (C=O) groups excluding carboxylic acids is 2. The van der Waals surface area contributed by atoms with Gasteiger partial charge in [-0.15, -0.1) is 0 Å². The average Bonchev–Trinajstić information content (AvgIpc) is 2.82. The quantitative estimate of drug-likeness (QED) is 0.568. The number of nitrogens with zero attached hydrogens (tertiary/aromatic N) is 1. The molecule has 1 heterocycles. The molecule has 3 aromatic carbocycles. The number of para-hydroxylation sites is 2. The highest BCUT2D eigenvalue weighted by atomic mass is 16.2. The van der Waals surface area contributed by atoms with E-state index in [9.17, 15) is 9.59 Å². The number of hydrogen-bond donors (Lipinski definition) is 2. The summed E-state index contributed by atoms with van der Waals surface area (Å²) >= 11 is 0. The molecule has 32 heavy (non-hydrogen) atoms. The van der Waals surface area contributed by atoms with Crippen LogP contribution in [0.25, 0.3) is 0 Å². The van der Waals surface area contributed by atoms with Gasteiger partial charge in [-0.2, -0.15) is 0 Å². The maximum atomic E-state index is 12.7. The molecule has 3 aromatic rings. The Morgan fingerprint density at radius 3 is 2.12 bits per heavy atom. The van der Waals surface area contributed by atoms with E-state index in [1.54, 1.807) is 18.2 Å². The second kappa shape index (κ2) is 10.7. The van der Waals surface area contributed by atoms with Crippen LogP contribution in [0.5, 0.6) is 0 Å². The van der Waals surface area contributed by atoms with Gasteiger partial charge < -0.3 is 10.6 Å². The van der Waals surface area contributed by atoms with Crippen molar-refractivity contribution >= 4 is 23.2 Å². The molecule has 2 amide bonds. The van der Waals surface area contributed by atoms with E-state index in [0.717, 1.165) is 38.0 Å². The number of nitrogens with one attached hydrogen (secondary N) is 2. The SMILES string of the molecule is O=C(CN1CCC(Cc2ccccc2)CC1)Nc1ccccc1C(=O)Nc1ccccc1. The van der Waals surface area contributed by atoms with Crippen molar-refractivity contribution < 1.29 is 9.59 Å². The smallest absolute Gasteiger partial charge is 0.257 e. The van der Waals surface area contributed by atoms with Crippen molar-refractivity contribution in [2.24, 2.45) is 5.92 Å². The molecule has 0 aromatic heterocycles. The van der Waals surface area contributed by atoms with Crippen molar-refractivity contribution in [3.63, 3.8) is 0 Å². The largest absolute Gasteiger partial charge is 0.324 e. The van der Waals surface area contributed by atoms with Crippen LogP contribution in [-0.2, 0) is 11.2 Å². The molecule has 1 fully saturated rings. The molecule has 5 heteroatoms. The summed E-state index contributed by atoms with van der Waals surface area (Å²) < 4.78 is 0. The second-order valence-corrected chi connectivity index (χ2v) is 8.32. The maximum Gasteiger partial charge on any atom is 0.257 e. The number of piperidine rings is 1. The molecule has 1 aliphatic heterocycles. The van der Waals surface area contributed by atoms with Gasteiger partial charge >= 0.3 is 0 Å². The van der Waals surface area contributed by atoms with Crippen molar-refractivity contribution in [1.82, 2.24) is 4.90 Å². The highest BCUT2D eigenvalue weighted by molar-refractivity contribution is 6.10. The van der Waals surface area contributed by atoms with Crippen molar-refractivity contribution in [1.29, 1.82) is 0 Å². The molecule has 0 bridgehead atoms. The summed E-state index contributed by atoms with van der Waals surface area (Å²) in [6.45, 7) is 2.18. The molecule has 164 valence electrons. The molecule has 2 N–H and O–H groups in total. The molecule has 0 spiro atoms. The lowest BCUT2D eigenvalue weighted by molar-refractivity contribution is -0.117. The van der Waals surface area contributed by atoms with Gasteiger partial charge in [0.1, 0.15) is 0 Å². The maximum absolute atomic E-state index is 12.7. The number of benzene rings is 3. The van der Waals surface area contributed by atoms with Crippen LogP contribution in [0.2, 0.25) is 0 Å². The molecule has 0 saturated carbocycles. The van der Waals surface area contributed by atoms with Gasteiger partial charge in [0.25, 0.3) is 5.91 Å². The van der Waals surface area contributed by atoms with Crippen LogP contribution in [0.1, 0.15) is 28.8 Å². The number of rotatable bonds is 7. The van der Waals surface area contributed by atoms with E-state index >= 15 is 0 Å². The molecule has 5 nitrogen and oxygen atoms in total. The van der Waals surface area contributed by atoms with E-state index in [0.29, 0.717) is 23.7 Å². The summed E-state index contributed by atoms with van der Waals surface area (Å²) in [5, 5.41) is 5.81. The van der Waals surface area contributed by atoms with Gasteiger partial charge in [0.05, 0.1) is 17.8 Å². The van der Waals surface area contributed by atoms with Gasteiger partial charge in [-0.05, 0) is 68.1 Å². The van der Waals surface area contributed by atoms with Gasteiger partial charge in [0.15, 0.2) is 0 Å². The van der Waals surface area contributed by atoms with Gasteiger partial charge in [-0.3, -0.25) is 14.5 Å². The molecule has 0 atom stereocenters. The molecule has 1 saturated heterocycles. The Morgan fingerprint density at radius 1 is 0.781 bits per heavy atom. The fourth-order valence-corrected chi connectivity index (χ4v) is 4.20. The molecule has 0 aliphatic carbocycles. The Hall–Kier alpha value is -3.44. The van der Waals surface area contributed by atoms with Crippen LogP contribution in [0, 0.1) is 5.92 Å². The molecule has 4 rings (SSSR count). The first-order valence-corrected chi connectivity index (χ1v) is 11.2. The summed E-state index contributed by atoms with van der Waals surface area (Å²) in [4.78, 5) is 27.6. The Labute approximate surface area is 189 Å². The average molecular weight is 428 g/mol. The zero-order valence-corrected chi connectivity index (χ0v) is 18.2. The number of likely N-dealkylation sites (tertiary alicyclic amines) is 1. The lowest BCUT2D eigenvalue weighted by Gasteiger charge is -2.31. The Kier molecular flexibility index (Phi) is 7.31. The van der Waals surface area contributed by atoms with E-state index in [1.165, 1.54) is 5.56 Å². The summed E-state index contributed by atoms with van der Waals surface area (Å²) in [6, 6.07) is 27.0. The standard InChI is InChI=1S/C27H29N3O2/c31-26(20-30-17-15-22(16-18-30)19-21-9-3-1-4-10-21)29-25-14-8-7-13-24(25)27(32)28-23-11-5-2-6-12-23/h1-14,22H,15-20H2,(H,28,32)(H,29,31). The van der Waals surface area contributed by atoms with Gasteiger partial charge in [-0.25, -0.2) is 0 Å². The minimum atomic E-state index is -0.242. The van der Waals surface area contributed by atoms with Gasteiger partial charge in [-0.1, -0.05) is 60.7 Å². The number of carbonyl (C=O) groups is 2. The lowest BCUT2D eigenvalue weighted by atomic mass is 9.90. The van der Waals surface area contributed by atoms with Crippen LogP contribution in [0.3, 0.4) is 0 Å². The first-order valence-electron chi connectivity index (χ1n) is 11.2. The molecule has 0 radical (unpaired) electrons. The summed E-state index contributed by atoms with van der Waals surface area (Å²) in [6.07, 6.45) is 3.29. The van der Waals surface area contributed by atoms with E-state index in [4.69, 9.17) is 0 Å². The minimum absolute atomic E-state index is 0.0912. The van der Waals surface area contributed by atoms with Crippen LogP contribution in [0.4, 0.5) is 11.4 Å². The van der Waals surface area contributed by atoms with E-state index in [2.05, 4.69) is 39.8 Å². The molecule has 0 unspecified atom stereocenters. The van der Waals surface area contributed by atoms with Crippen LogP contribution < -0.4 is 10.6 Å². The Balaban J connectivity index is 1.29. The molecular weight excluding hydrogens is 398 g/mol. The predicted molar refractivity (Wildman–Crippen MR) is 129 cm³/mol. The number of hydrogen-bond acceptors (Lipinski definition) is 3. The molecule has 1 aliphatic rings. The third-order valence-electron chi connectivity index (χ3n) is 5.92. The highest BCUT2D eigenvalue weighted by Gasteiger charge is 2.22. The zero-order chi connectivity index (χ0) is 22.2. The first kappa shape index (κ1) is 21.8. The number of amides is 2. The Morgan fingerprint density at radius 2 is 1.41 bits per heavy atom. The van der Waals surface area contributed by atoms with E-state index < -0.39 is 0 Å². The molecular formula is C27H29N3O2. The van der Waals surface area contributed by atoms with Gasteiger partial charge in [0.2, 0.25) is 5.91 Å².